The van der Waals surface area contributed by atoms with Crippen LogP contribution in [0.3, 0.4) is 0 Å². The minimum Gasteiger partial charge on any atom is -0.342 e. The lowest BCUT2D eigenvalue weighted by Crippen LogP contribution is -2.05. The van der Waals surface area contributed by atoms with Gasteiger partial charge in [0.2, 0.25) is 0 Å². The summed E-state index contributed by atoms with van der Waals surface area (Å²) >= 11 is 0. The second-order valence-corrected chi connectivity index (χ2v) is 11.3. The van der Waals surface area contributed by atoms with Gasteiger partial charge in [0.15, 0.2) is 0 Å². The number of fused-ring (bicyclic) bond motifs is 8. The third-order valence-electron chi connectivity index (χ3n) is 8.58. The molecule has 0 saturated heterocycles. The summed E-state index contributed by atoms with van der Waals surface area (Å²) < 4.78 is 0. The zero-order valence-corrected chi connectivity index (χ0v) is 22.2. The zero-order chi connectivity index (χ0) is 25.3. The van der Waals surface area contributed by atoms with Gasteiger partial charge >= 0.3 is 0 Å². The number of H-pyrrole nitrogens is 2. The van der Waals surface area contributed by atoms with E-state index in [0.717, 1.165) is 49.3 Å². The van der Waals surface area contributed by atoms with E-state index in [1.54, 1.807) is 0 Å². The van der Waals surface area contributed by atoms with E-state index in [1.807, 2.05) is 0 Å². The van der Waals surface area contributed by atoms with Crippen molar-refractivity contribution in [3.63, 3.8) is 0 Å². The molecule has 1 unspecified atom stereocenters. The van der Waals surface area contributed by atoms with Gasteiger partial charge in [0.25, 0.3) is 0 Å². The van der Waals surface area contributed by atoms with E-state index in [1.165, 1.54) is 61.4 Å². The van der Waals surface area contributed by atoms with Crippen LogP contribution in [0.5, 0.6) is 0 Å². The van der Waals surface area contributed by atoms with Crippen LogP contribution in [0.2, 0.25) is 0 Å². The van der Waals surface area contributed by atoms with E-state index < -0.39 is 0 Å². The van der Waals surface area contributed by atoms with Crippen LogP contribution in [0.1, 0.15) is 80.0 Å². The molecule has 7 rings (SSSR count). The molecule has 5 aromatic rings. The standard InChI is InChI=1S/C33H34N4/c1-5-19(4)33-35-29-15-13-26-24-10-6-20(16-22(24)8-12-27(26)31(29)37-33)21-7-11-25-23(17-21)9-14-28-30(25)36-32(34-28)18(2)3/h6-7,10-11,13,15-19H,5,8-9,12,14H2,1-4H3,(H,34,36)(H,35,37). The van der Waals surface area contributed by atoms with Crippen LogP contribution in [-0.4, -0.2) is 19.9 Å². The fraction of sp³-hybridized carbons (Fsp3) is 0.333. The van der Waals surface area contributed by atoms with E-state index in [0.29, 0.717) is 11.8 Å². The van der Waals surface area contributed by atoms with Gasteiger partial charge in [-0.2, -0.15) is 0 Å². The molecule has 2 N–H and O–H groups in total. The second-order valence-electron chi connectivity index (χ2n) is 11.3. The number of nitrogens with zero attached hydrogens (tertiary/aromatic N) is 2. The molecule has 1 atom stereocenters. The van der Waals surface area contributed by atoms with E-state index in [9.17, 15) is 0 Å². The molecule has 0 fully saturated rings. The Morgan fingerprint density at radius 3 is 2.19 bits per heavy atom. The minimum absolute atomic E-state index is 0.417. The summed E-state index contributed by atoms with van der Waals surface area (Å²) in [6.07, 6.45) is 5.25. The summed E-state index contributed by atoms with van der Waals surface area (Å²) in [5, 5.41) is 0. The summed E-state index contributed by atoms with van der Waals surface area (Å²) in [5.74, 6) is 3.08. The van der Waals surface area contributed by atoms with Gasteiger partial charge in [-0.05, 0) is 77.1 Å². The number of aromatic nitrogens is 4. The van der Waals surface area contributed by atoms with Crippen molar-refractivity contribution in [3.05, 3.63) is 82.6 Å². The molecule has 2 heterocycles. The molecule has 0 amide bonds. The lowest BCUT2D eigenvalue weighted by atomic mass is 9.83. The fourth-order valence-corrected chi connectivity index (χ4v) is 6.17. The van der Waals surface area contributed by atoms with Gasteiger partial charge in [0.05, 0.1) is 22.4 Å². The number of nitrogens with one attached hydrogen (secondary N) is 2. The molecule has 0 bridgehead atoms. The lowest BCUT2D eigenvalue weighted by Gasteiger charge is -2.21. The molecule has 4 heteroatoms. The first kappa shape index (κ1) is 22.5. The van der Waals surface area contributed by atoms with Gasteiger partial charge in [0, 0.05) is 17.4 Å². The molecule has 3 aromatic carbocycles. The highest BCUT2D eigenvalue weighted by Gasteiger charge is 2.23. The SMILES string of the molecule is CCC(C)c1nc2c3c(ccc2[nH]1)-c1ccc(-c2ccc4c(c2)CCc2nc(C(C)C)[nH]c2-4)cc1CC3. The lowest BCUT2D eigenvalue weighted by molar-refractivity contribution is 0.692. The normalized spacial score (nSPS) is 14.8. The van der Waals surface area contributed by atoms with Crippen molar-refractivity contribution in [1.82, 2.24) is 19.9 Å². The number of hydrogen-bond acceptors (Lipinski definition) is 2. The van der Waals surface area contributed by atoms with Crippen molar-refractivity contribution in [2.24, 2.45) is 0 Å². The van der Waals surface area contributed by atoms with Crippen molar-refractivity contribution in [1.29, 1.82) is 0 Å². The van der Waals surface area contributed by atoms with E-state index >= 15 is 0 Å². The predicted octanol–water partition coefficient (Wildman–Crippen LogP) is 8.12. The Labute approximate surface area is 218 Å². The Balaban J connectivity index is 1.24. The maximum Gasteiger partial charge on any atom is 0.110 e. The number of rotatable bonds is 4. The largest absolute Gasteiger partial charge is 0.342 e. The van der Waals surface area contributed by atoms with Crippen molar-refractivity contribution < 1.29 is 0 Å². The van der Waals surface area contributed by atoms with Crippen LogP contribution in [0.25, 0.3) is 44.5 Å². The van der Waals surface area contributed by atoms with Gasteiger partial charge < -0.3 is 9.97 Å². The number of benzene rings is 3. The first-order valence-electron chi connectivity index (χ1n) is 13.9. The summed E-state index contributed by atoms with van der Waals surface area (Å²) in [6.45, 7) is 8.87. The van der Waals surface area contributed by atoms with Crippen LogP contribution < -0.4 is 0 Å². The zero-order valence-electron chi connectivity index (χ0n) is 22.2. The molecular formula is C33H34N4. The number of aromatic amines is 2. The minimum atomic E-state index is 0.417. The first-order chi connectivity index (χ1) is 18.0. The molecule has 2 aliphatic carbocycles. The van der Waals surface area contributed by atoms with E-state index in [-0.39, 0.29) is 0 Å². The monoisotopic (exact) mass is 486 g/mol. The molecule has 0 saturated carbocycles. The third kappa shape index (κ3) is 3.57. The van der Waals surface area contributed by atoms with Gasteiger partial charge in [-0.25, -0.2) is 9.97 Å². The van der Waals surface area contributed by atoms with Gasteiger partial charge in [-0.15, -0.1) is 0 Å². The smallest absolute Gasteiger partial charge is 0.110 e. The maximum atomic E-state index is 5.04. The predicted molar refractivity (Wildman–Crippen MR) is 152 cm³/mol. The Hall–Kier alpha value is -3.66. The molecule has 0 radical (unpaired) electrons. The topological polar surface area (TPSA) is 57.4 Å². The van der Waals surface area contributed by atoms with Gasteiger partial charge in [-0.1, -0.05) is 70.2 Å². The van der Waals surface area contributed by atoms with Crippen LogP contribution >= 0.6 is 0 Å². The number of imidazole rings is 2. The molecule has 186 valence electrons. The van der Waals surface area contributed by atoms with Crippen molar-refractivity contribution in [2.75, 3.05) is 0 Å². The van der Waals surface area contributed by atoms with Crippen molar-refractivity contribution in [3.8, 4) is 33.5 Å². The highest BCUT2D eigenvalue weighted by molar-refractivity contribution is 5.90. The third-order valence-corrected chi connectivity index (χ3v) is 8.58. The fourth-order valence-electron chi connectivity index (χ4n) is 6.17. The van der Waals surface area contributed by atoms with Crippen LogP contribution in [0.15, 0.2) is 48.5 Å². The summed E-state index contributed by atoms with van der Waals surface area (Å²) in [4.78, 5) is 17.1. The number of aryl methyl sites for hydroxylation is 4. The second kappa shape index (κ2) is 8.44. The van der Waals surface area contributed by atoms with Crippen LogP contribution in [0, 0.1) is 0 Å². The average Bonchev–Trinajstić information content (AvgIpc) is 3.57. The molecular weight excluding hydrogens is 452 g/mol. The van der Waals surface area contributed by atoms with Gasteiger partial charge in [0.1, 0.15) is 11.6 Å². The van der Waals surface area contributed by atoms with E-state index in [4.69, 9.17) is 9.97 Å². The first-order valence-corrected chi connectivity index (χ1v) is 13.9. The maximum absolute atomic E-state index is 5.04. The van der Waals surface area contributed by atoms with Crippen molar-refractivity contribution >= 4 is 11.0 Å². The molecule has 0 aliphatic heterocycles. The Kier molecular flexibility index (Phi) is 5.14. The average molecular weight is 487 g/mol. The van der Waals surface area contributed by atoms with Crippen LogP contribution in [0.4, 0.5) is 0 Å². The Morgan fingerprint density at radius 1 is 0.730 bits per heavy atom. The quantitative estimate of drug-likeness (QED) is 0.269. The molecule has 37 heavy (non-hydrogen) atoms. The summed E-state index contributed by atoms with van der Waals surface area (Å²) in [7, 11) is 0. The highest BCUT2D eigenvalue weighted by Crippen LogP contribution is 2.40. The molecule has 0 spiro atoms. The van der Waals surface area contributed by atoms with Crippen molar-refractivity contribution in [2.45, 2.75) is 71.6 Å². The highest BCUT2D eigenvalue weighted by atomic mass is 14.9. The molecule has 2 aromatic heterocycles. The van der Waals surface area contributed by atoms with Gasteiger partial charge in [-0.3, -0.25) is 0 Å². The molecule has 4 nitrogen and oxygen atoms in total. The van der Waals surface area contributed by atoms with E-state index in [2.05, 4.69) is 86.2 Å². The number of hydrogen-bond donors (Lipinski definition) is 2. The molecule has 2 aliphatic rings. The Bertz CT molecular complexity index is 1670. The summed E-state index contributed by atoms with van der Waals surface area (Å²) in [5.41, 5.74) is 15.7. The van der Waals surface area contributed by atoms with Crippen LogP contribution in [-0.2, 0) is 25.7 Å². The Morgan fingerprint density at radius 2 is 1.43 bits per heavy atom. The summed E-state index contributed by atoms with van der Waals surface area (Å²) in [6, 6.07) is 18.5.